The van der Waals surface area contributed by atoms with Crippen molar-refractivity contribution in [1.82, 2.24) is 9.97 Å². The van der Waals surface area contributed by atoms with Crippen molar-refractivity contribution >= 4 is 10.9 Å². The number of quaternary nitrogens is 1. The molecule has 122 valence electrons. The molecule has 0 saturated carbocycles. The molecular weight excluding hydrogens is 298 g/mol. The summed E-state index contributed by atoms with van der Waals surface area (Å²) in [6, 6.07) is 12.2. The van der Waals surface area contributed by atoms with Crippen molar-refractivity contribution in [2.75, 3.05) is 13.1 Å². The molecule has 1 aliphatic rings. The van der Waals surface area contributed by atoms with Crippen LogP contribution in [0, 0.1) is 0 Å². The van der Waals surface area contributed by atoms with E-state index >= 15 is 0 Å². The summed E-state index contributed by atoms with van der Waals surface area (Å²) in [6.45, 7) is 2.25. The van der Waals surface area contributed by atoms with Gasteiger partial charge in [0, 0.05) is 29.5 Å². The summed E-state index contributed by atoms with van der Waals surface area (Å²) in [5.74, 6) is 0.306. The molecule has 3 heterocycles. The molecule has 1 aliphatic heterocycles. The predicted molar refractivity (Wildman–Crippen MR) is 94.0 cm³/mol. The van der Waals surface area contributed by atoms with Crippen LogP contribution in [-0.2, 0) is 0 Å². The Kier molecular flexibility index (Phi) is 4.13. The maximum atomic E-state index is 10.9. The second-order valence-corrected chi connectivity index (χ2v) is 6.52. The molecule has 2 N–H and O–H groups in total. The number of phenolic OH excluding ortho intramolecular Hbond substituents is 1. The van der Waals surface area contributed by atoms with Crippen LogP contribution in [0.15, 0.2) is 55.0 Å². The number of phenols is 1. The SMILES string of the molecule is Oc1c([C@H](c2cccnc2)[NH+]2CCCCC2)ccc2cccnc12. The van der Waals surface area contributed by atoms with Gasteiger partial charge in [0.05, 0.1) is 18.7 Å². The Labute approximate surface area is 141 Å². The minimum absolute atomic E-state index is 0.102. The summed E-state index contributed by atoms with van der Waals surface area (Å²) >= 11 is 0. The van der Waals surface area contributed by atoms with Gasteiger partial charge in [-0.3, -0.25) is 9.97 Å². The molecule has 0 amide bonds. The Hall–Kier alpha value is -2.46. The Morgan fingerprint density at radius 2 is 1.79 bits per heavy atom. The number of nitrogens with zero attached hydrogens (tertiary/aromatic N) is 2. The number of benzene rings is 1. The highest BCUT2D eigenvalue weighted by Gasteiger charge is 2.30. The fourth-order valence-corrected chi connectivity index (χ4v) is 3.85. The highest BCUT2D eigenvalue weighted by Crippen LogP contribution is 2.33. The monoisotopic (exact) mass is 320 g/mol. The number of aromatic hydroxyl groups is 1. The zero-order chi connectivity index (χ0) is 16.4. The van der Waals surface area contributed by atoms with Gasteiger partial charge in [0.15, 0.2) is 5.75 Å². The van der Waals surface area contributed by atoms with Gasteiger partial charge in [-0.15, -0.1) is 0 Å². The van der Waals surface area contributed by atoms with Gasteiger partial charge in [0.2, 0.25) is 0 Å². The van der Waals surface area contributed by atoms with Crippen LogP contribution in [0.25, 0.3) is 10.9 Å². The molecule has 0 spiro atoms. The zero-order valence-corrected chi connectivity index (χ0v) is 13.7. The van der Waals surface area contributed by atoms with Crippen molar-refractivity contribution in [2.24, 2.45) is 0 Å². The molecule has 2 aromatic heterocycles. The molecule has 0 unspecified atom stereocenters. The number of aromatic nitrogens is 2. The maximum Gasteiger partial charge on any atom is 0.151 e. The lowest BCUT2D eigenvalue weighted by Gasteiger charge is -2.32. The first kappa shape index (κ1) is 15.1. The zero-order valence-electron chi connectivity index (χ0n) is 13.7. The number of likely N-dealkylation sites (tertiary alicyclic amines) is 1. The van der Waals surface area contributed by atoms with Gasteiger partial charge in [-0.2, -0.15) is 0 Å². The molecule has 4 rings (SSSR count). The highest BCUT2D eigenvalue weighted by atomic mass is 16.3. The molecule has 4 nitrogen and oxygen atoms in total. The molecule has 24 heavy (non-hydrogen) atoms. The third kappa shape index (κ3) is 2.74. The summed E-state index contributed by atoms with van der Waals surface area (Å²) < 4.78 is 0. The summed E-state index contributed by atoms with van der Waals surface area (Å²) in [6.07, 6.45) is 9.23. The highest BCUT2D eigenvalue weighted by molar-refractivity contribution is 5.85. The molecule has 1 aromatic carbocycles. The maximum absolute atomic E-state index is 10.9. The van der Waals surface area contributed by atoms with Gasteiger partial charge < -0.3 is 10.0 Å². The minimum Gasteiger partial charge on any atom is -0.505 e. The van der Waals surface area contributed by atoms with Gasteiger partial charge in [0.25, 0.3) is 0 Å². The summed E-state index contributed by atoms with van der Waals surface area (Å²) in [4.78, 5) is 10.2. The molecule has 0 bridgehead atoms. The third-order valence-corrected chi connectivity index (χ3v) is 5.01. The minimum atomic E-state index is 0.102. The van der Waals surface area contributed by atoms with E-state index in [-0.39, 0.29) is 6.04 Å². The van der Waals surface area contributed by atoms with Crippen molar-refractivity contribution < 1.29 is 10.0 Å². The van der Waals surface area contributed by atoms with Gasteiger partial charge in [-0.1, -0.05) is 12.1 Å². The van der Waals surface area contributed by atoms with Gasteiger partial charge in [-0.05, 0) is 43.5 Å². The van der Waals surface area contributed by atoms with E-state index in [0.29, 0.717) is 11.3 Å². The number of hydrogen-bond donors (Lipinski definition) is 2. The second kappa shape index (κ2) is 6.57. The second-order valence-electron chi connectivity index (χ2n) is 6.52. The Balaban J connectivity index is 1.85. The topological polar surface area (TPSA) is 50.5 Å². The van der Waals surface area contributed by atoms with E-state index in [1.54, 1.807) is 12.4 Å². The molecule has 0 aliphatic carbocycles. The largest absolute Gasteiger partial charge is 0.505 e. The van der Waals surface area contributed by atoms with Crippen LogP contribution in [0.2, 0.25) is 0 Å². The van der Waals surface area contributed by atoms with Crippen LogP contribution in [0.1, 0.15) is 36.4 Å². The Morgan fingerprint density at radius 3 is 2.58 bits per heavy atom. The quantitative estimate of drug-likeness (QED) is 0.779. The fourth-order valence-electron chi connectivity index (χ4n) is 3.85. The lowest BCUT2D eigenvalue weighted by atomic mass is 9.94. The normalized spacial score (nSPS) is 17.0. The van der Waals surface area contributed by atoms with Crippen LogP contribution in [-0.4, -0.2) is 28.2 Å². The van der Waals surface area contributed by atoms with Gasteiger partial charge in [-0.25, -0.2) is 0 Å². The molecule has 0 radical (unpaired) electrons. The Morgan fingerprint density at radius 1 is 0.958 bits per heavy atom. The van der Waals surface area contributed by atoms with Crippen molar-refractivity contribution in [1.29, 1.82) is 0 Å². The van der Waals surface area contributed by atoms with E-state index in [9.17, 15) is 5.11 Å². The molecule has 1 saturated heterocycles. The molecule has 4 heteroatoms. The summed E-state index contributed by atoms with van der Waals surface area (Å²) in [5.41, 5.74) is 2.78. The lowest BCUT2D eigenvalue weighted by Crippen LogP contribution is -3.13. The van der Waals surface area contributed by atoms with Crippen LogP contribution >= 0.6 is 0 Å². The molecular formula is C20H22N3O+. The Bertz CT molecular complexity index is 829. The number of nitrogens with one attached hydrogen (secondary N) is 1. The number of pyridine rings is 2. The number of hydrogen-bond acceptors (Lipinski definition) is 3. The van der Waals surface area contributed by atoms with Crippen molar-refractivity contribution in [2.45, 2.75) is 25.3 Å². The average molecular weight is 320 g/mol. The van der Waals surface area contributed by atoms with Crippen molar-refractivity contribution in [3.05, 3.63) is 66.1 Å². The van der Waals surface area contributed by atoms with Crippen molar-refractivity contribution in [3.8, 4) is 5.75 Å². The molecule has 1 atom stereocenters. The van der Waals surface area contributed by atoms with Crippen LogP contribution in [0.5, 0.6) is 5.75 Å². The average Bonchev–Trinajstić information content (AvgIpc) is 2.66. The van der Waals surface area contributed by atoms with E-state index in [4.69, 9.17) is 0 Å². The van der Waals surface area contributed by atoms with E-state index < -0.39 is 0 Å². The van der Waals surface area contributed by atoms with Gasteiger partial charge >= 0.3 is 0 Å². The van der Waals surface area contributed by atoms with E-state index in [1.165, 1.54) is 24.2 Å². The first-order valence-electron chi connectivity index (χ1n) is 8.65. The van der Waals surface area contributed by atoms with Crippen LogP contribution < -0.4 is 4.90 Å². The van der Waals surface area contributed by atoms with E-state index in [2.05, 4.69) is 28.2 Å². The third-order valence-electron chi connectivity index (χ3n) is 5.01. The van der Waals surface area contributed by atoms with E-state index in [0.717, 1.165) is 29.6 Å². The van der Waals surface area contributed by atoms with Gasteiger partial charge in [0.1, 0.15) is 11.6 Å². The first-order valence-corrected chi connectivity index (χ1v) is 8.65. The number of piperidine rings is 1. The summed E-state index contributed by atoms with van der Waals surface area (Å²) in [5, 5.41) is 11.9. The molecule has 3 aromatic rings. The standard InChI is InChI=1S/C20H21N3O/c24-20-17(9-8-15-6-5-11-22-18(15)20)19(16-7-4-10-21-14-16)23-12-2-1-3-13-23/h4-11,14,19,24H,1-3,12-13H2/p+1/t19-/m0/s1. The number of fused-ring (bicyclic) bond motifs is 1. The lowest BCUT2D eigenvalue weighted by molar-refractivity contribution is -0.930. The smallest absolute Gasteiger partial charge is 0.151 e. The fraction of sp³-hybridized carbons (Fsp3) is 0.300. The molecule has 1 fully saturated rings. The van der Waals surface area contributed by atoms with E-state index in [1.807, 2.05) is 24.4 Å². The summed E-state index contributed by atoms with van der Waals surface area (Å²) in [7, 11) is 0. The number of rotatable bonds is 3. The van der Waals surface area contributed by atoms with Crippen LogP contribution in [0.4, 0.5) is 0 Å². The van der Waals surface area contributed by atoms with Crippen LogP contribution in [0.3, 0.4) is 0 Å². The van der Waals surface area contributed by atoms with Crippen molar-refractivity contribution in [3.63, 3.8) is 0 Å². The predicted octanol–water partition coefficient (Wildman–Crippen LogP) is 2.49. The first-order chi connectivity index (χ1) is 11.8.